The van der Waals surface area contributed by atoms with Gasteiger partial charge in [0.25, 0.3) is 0 Å². The number of aliphatic imine (C=N–C) groups is 1. The summed E-state index contributed by atoms with van der Waals surface area (Å²) in [7, 11) is 0. The monoisotopic (exact) mass is 511 g/mol. The van der Waals surface area contributed by atoms with E-state index in [2.05, 4.69) is 10.3 Å². The molecule has 0 spiro atoms. The van der Waals surface area contributed by atoms with Gasteiger partial charge in [-0.15, -0.1) is 0 Å². The van der Waals surface area contributed by atoms with Crippen molar-refractivity contribution in [2.24, 2.45) is 4.99 Å². The Bertz CT molecular complexity index is 1300. The smallest absolute Gasteiger partial charge is 0.238 e. The number of hydrogen-bond donors (Lipinski definition) is 1. The average molecular weight is 512 g/mol. The number of nitrogens with zero attached hydrogens (tertiary/aromatic N) is 2. The molecule has 2 aliphatic heterocycles. The predicted molar refractivity (Wildman–Crippen MR) is 133 cm³/mol. The van der Waals surface area contributed by atoms with Gasteiger partial charge in [0.1, 0.15) is 11.1 Å². The lowest BCUT2D eigenvalue weighted by Crippen LogP contribution is -2.44. The summed E-state index contributed by atoms with van der Waals surface area (Å²) < 4.78 is 24.0. The number of benzene rings is 3. The molecule has 1 saturated heterocycles. The quantitative estimate of drug-likeness (QED) is 0.498. The Morgan fingerprint density at radius 2 is 1.83 bits per heavy atom. The van der Waals surface area contributed by atoms with E-state index in [0.29, 0.717) is 33.1 Å². The zero-order valence-electron chi connectivity index (χ0n) is 18.2. The molecule has 1 atom stereocenters. The van der Waals surface area contributed by atoms with Crippen molar-refractivity contribution in [3.8, 4) is 11.5 Å². The first-order valence-electron chi connectivity index (χ1n) is 10.7. The van der Waals surface area contributed by atoms with Crippen LogP contribution in [0, 0.1) is 5.82 Å². The van der Waals surface area contributed by atoms with Crippen LogP contribution < -0.4 is 14.8 Å². The van der Waals surface area contributed by atoms with Crippen molar-refractivity contribution in [1.29, 1.82) is 0 Å². The maximum atomic E-state index is 13.2. The van der Waals surface area contributed by atoms with Gasteiger partial charge in [0.2, 0.25) is 18.6 Å². The normalized spacial score (nSPS) is 18.1. The number of carbonyl (C=O) groups is 2. The third-order valence-electron chi connectivity index (χ3n) is 5.37. The Kier molecular flexibility index (Phi) is 6.61. The van der Waals surface area contributed by atoms with Crippen LogP contribution >= 0.6 is 23.4 Å². The summed E-state index contributed by atoms with van der Waals surface area (Å²) in [5, 5.41) is 3.00. The first kappa shape index (κ1) is 23.2. The van der Waals surface area contributed by atoms with Crippen molar-refractivity contribution in [3.63, 3.8) is 0 Å². The van der Waals surface area contributed by atoms with Gasteiger partial charge in [-0.1, -0.05) is 29.4 Å². The first-order valence-corrected chi connectivity index (χ1v) is 12.0. The minimum atomic E-state index is -0.702. The van der Waals surface area contributed by atoms with Crippen LogP contribution in [0.15, 0.2) is 71.7 Å². The highest BCUT2D eigenvalue weighted by molar-refractivity contribution is 8.15. The summed E-state index contributed by atoms with van der Waals surface area (Å²) in [6, 6.07) is 17.8. The van der Waals surface area contributed by atoms with Crippen LogP contribution in [-0.2, 0) is 16.1 Å². The molecular formula is C25H19ClFN3O4S. The van der Waals surface area contributed by atoms with Gasteiger partial charge in [-0.3, -0.25) is 14.5 Å². The number of halogens is 2. The van der Waals surface area contributed by atoms with Crippen molar-refractivity contribution in [3.05, 3.63) is 83.1 Å². The summed E-state index contributed by atoms with van der Waals surface area (Å²) in [6.45, 7) is 0.409. The van der Waals surface area contributed by atoms with Crippen molar-refractivity contribution in [2.45, 2.75) is 18.2 Å². The molecule has 0 aliphatic carbocycles. The molecule has 2 amide bonds. The third kappa shape index (κ3) is 5.41. The number of amidine groups is 1. The minimum Gasteiger partial charge on any atom is -0.454 e. The molecule has 3 aromatic carbocycles. The Balaban J connectivity index is 1.40. The molecule has 10 heteroatoms. The van der Waals surface area contributed by atoms with Gasteiger partial charge in [-0.05, 0) is 66.2 Å². The molecule has 1 N–H and O–H groups in total. The molecule has 0 saturated carbocycles. The first-order chi connectivity index (χ1) is 16.9. The van der Waals surface area contributed by atoms with Crippen molar-refractivity contribution >= 4 is 51.7 Å². The molecule has 2 aliphatic rings. The fourth-order valence-electron chi connectivity index (χ4n) is 3.60. The van der Waals surface area contributed by atoms with E-state index in [0.717, 1.165) is 5.56 Å². The largest absolute Gasteiger partial charge is 0.454 e. The van der Waals surface area contributed by atoms with Crippen LogP contribution in [0.4, 0.5) is 15.8 Å². The van der Waals surface area contributed by atoms with Crippen LogP contribution in [0.3, 0.4) is 0 Å². The van der Waals surface area contributed by atoms with E-state index in [1.54, 1.807) is 35.2 Å². The van der Waals surface area contributed by atoms with Crippen LogP contribution in [0.2, 0.25) is 5.02 Å². The lowest BCUT2D eigenvalue weighted by Gasteiger charge is -2.32. The predicted octanol–water partition coefficient (Wildman–Crippen LogP) is 5.37. The lowest BCUT2D eigenvalue weighted by atomic mass is 10.1. The van der Waals surface area contributed by atoms with E-state index in [9.17, 15) is 14.0 Å². The minimum absolute atomic E-state index is 0.0120. The molecule has 7 nitrogen and oxygen atoms in total. The molecule has 178 valence electrons. The van der Waals surface area contributed by atoms with Crippen molar-refractivity contribution < 1.29 is 23.5 Å². The number of ether oxygens (including phenoxy) is 2. The highest BCUT2D eigenvalue weighted by atomic mass is 35.5. The van der Waals surface area contributed by atoms with Crippen molar-refractivity contribution in [1.82, 2.24) is 4.90 Å². The highest BCUT2D eigenvalue weighted by Gasteiger charge is 2.36. The number of carbonyl (C=O) groups excluding carboxylic acids is 2. The second-order valence-corrected chi connectivity index (χ2v) is 9.45. The summed E-state index contributed by atoms with van der Waals surface area (Å²) in [6.07, 6.45) is -0.0120. The molecule has 0 radical (unpaired) electrons. The molecule has 1 unspecified atom stereocenters. The Labute approximate surface area is 209 Å². The van der Waals surface area contributed by atoms with Gasteiger partial charge in [0.05, 0.1) is 12.2 Å². The van der Waals surface area contributed by atoms with E-state index in [1.165, 1.54) is 36.0 Å². The molecule has 0 aromatic heterocycles. The van der Waals surface area contributed by atoms with E-state index in [1.807, 2.05) is 12.1 Å². The zero-order valence-corrected chi connectivity index (χ0v) is 19.8. The number of rotatable bonds is 5. The summed E-state index contributed by atoms with van der Waals surface area (Å²) >= 11 is 7.19. The van der Waals surface area contributed by atoms with Crippen molar-refractivity contribution in [2.75, 3.05) is 12.1 Å². The topological polar surface area (TPSA) is 80.2 Å². The number of hydrogen-bond acceptors (Lipinski definition) is 6. The third-order valence-corrected chi connectivity index (χ3v) is 6.81. The fourth-order valence-corrected chi connectivity index (χ4v) is 4.82. The maximum Gasteiger partial charge on any atom is 0.238 e. The average Bonchev–Trinajstić information content (AvgIpc) is 3.32. The van der Waals surface area contributed by atoms with E-state index in [-0.39, 0.29) is 31.6 Å². The Morgan fingerprint density at radius 3 is 2.60 bits per heavy atom. The van der Waals surface area contributed by atoms with Crippen LogP contribution in [0.25, 0.3) is 0 Å². The number of fused-ring (bicyclic) bond motifs is 1. The molecule has 0 bridgehead atoms. The Morgan fingerprint density at radius 1 is 1.09 bits per heavy atom. The number of anilines is 1. The summed E-state index contributed by atoms with van der Waals surface area (Å²) in [5.74, 6) is 0.268. The van der Waals surface area contributed by atoms with Gasteiger partial charge >= 0.3 is 0 Å². The highest BCUT2D eigenvalue weighted by Crippen LogP contribution is 2.35. The SMILES string of the molecule is O=C(Nc1ccc(F)cc1)C1CC(=O)N(Cc2ccc3c(c2)OCO3)C(=Nc2ccc(Cl)cc2)S1. The zero-order chi connectivity index (χ0) is 24.4. The molecule has 3 aromatic rings. The number of nitrogens with one attached hydrogen (secondary N) is 1. The number of thioether (sulfide) groups is 1. The van der Waals surface area contributed by atoms with E-state index >= 15 is 0 Å². The van der Waals surface area contributed by atoms with Crippen LogP contribution in [0.1, 0.15) is 12.0 Å². The van der Waals surface area contributed by atoms with Gasteiger partial charge < -0.3 is 14.8 Å². The molecule has 5 rings (SSSR count). The second-order valence-electron chi connectivity index (χ2n) is 7.85. The second kappa shape index (κ2) is 9.97. The van der Waals surface area contributed by atoms with E-state index in [4.69, 9.17) is 21.1 Å². The van der Waals surface area contributed by atoms with Crippen LogP contribution in [0.5, 0.6) is 11.5 Å². The van der Waals surface area contributed by atoms with E-state index < -0.39 is 11.1 Å². The maximum absolute atomic E-state index is 13.2. The van der Waals surface area contributed by atoms with Crippen LogP contribution in [-0.4, -0.2) is 33.9 Å². The summed E-state index contributed by atoms with van der Waals surface area (Å²) in [5.41, 5.74) is 1.88. The molecule has 2 heterocycles. The standard InChI is InChI=1S/C25H19ClFN3O4S/c26-16-2-6-19(7-3-16)29-25-30(13-15-1-10-20-21(11-15)34-14-33-20)23(31)12-22(35-25)24(32)28-18-8-4-17(27)5-9-18/h1-11,22H,12-14H2,(H,28,32). The van der Waals surface area contributed by atoms with Gasteiger partial charge in [0.15, 0.2) is 16.7 Å². The van der Waals surface area contributed by atoms with Gasteiger partial charge in [-0.25, -0.2) is 9.38 Å². The number of amides is 2. The molecule has 1 fully saturated rings. The molecular weight excluding hydrogens is 493 g/mol. The van der Waals surface area contributed by atoms with Gasteiger partial charge in [0, 0.05) is 17.1 Å². The Hall–Kier alpha value is -3.56. The lowest BCUT2D eigenvalue weighted by molar-refractivity contribution is -0.129. The fraction of sp³-hybridized carbons (Fsp3) is 0.160. The van der Waals surface area contributed by atoms with Gasteiger partial charge in [-0.2, -0.15) is 0 Å². The summed E-state index contributed by atoms with van der Waals surface area (Å²) in [4.78, 5) is 32.4. The molecule has 35 heavy (non-hydrogen) atoms.